The maximum absolute atomic E-state index is 11.3. The van der Waals surface area contributed by atoms with Crippen molar-refractivity contribution in [2.45, 2.75) is 11.8 Å². The number of sulfonamides is 1. The monoisotopic (exact) mass is 296 g/mol. The van der Waals surface area contributed by atoms with Crippen LogP contribution in [0.15, 0.2) is 34.3 Å². The fourth-order valence-electron chi connectivity index (χ4n) is 1.16. The number of primary sulfonamides is 1. The van der Waals surface area contributed by atoms with Crippen LogP contribution in [0.2, 0.25) is 0 Å². The number of hydrogen-bond donors (Lipinski definition) is 2. The molecule has 0 aliphatic carbocycles. The van der Waals surface area contributed by atoms with Gasteiger partial charge in [0.05, 0.1) is 17.2 Å². The summed E-state index contributed by atoms with van der Waals surface area (Å²) in [7, 11) is -3.77. The number of carbonyl (C=O) groups is 1. The number of nitrogens with one attached hydrogen (secondary N) is 1. The Labute approximate surface area is 115 Å². The van der Waals surface area contributed by atoms with Crippen molar-refractivity contribution in [3.8, 4) is 6.07 Å². The van der Waals surface area contributed by atoms with Gasteiger partial charge in [0.15, 0.2) is 0 Å². The lowest BCUT2D eigenvalue weighted by molar-refractivity contribution is -0.134. The average molecular weight is 296 g/mol. The topological polar surface area (TPSA) is 135 Å². The lowest BCUT2D eigenvalue weighted by Crippen LogP contribution is -2.17. The van der Waals surface area contributed by atoms with E-state index in [1.165, 1.54) is 24.3 Å². The molecule has 20 heavy (non-hydrogen) atoms. The van der Waals surface area contributed by atoms with E-state index in [2.05, 4.69) is 15.3 Å². The molecule has 1 aromatic rings. The Kier molecular flexibility index (Phi) is 5.19. The van der Waals surface area contributed by atoms with Gasteiger partial charge in [0.25, 0.3) is 0 Å². The zero-order valence-corrected chi connectivity index (χ0v) is 11.3. The molecule has 0 radical (unpaired) electrons. The molecule has 3 N–H and O–H groups in total. The molecule has 0 amide bonds. The Morgan fingerprint density at radius 3 is 2.50 bits per heavy atom. The highest BCUT2D eigenvalue weighted by molar-refractivity contribution is 7.89. The van der Waals surface area contributed by atoms with Gasteiger partial charge < -0.3 is 4.74 Å². The van der Waals surface area contributed by atoms with E-state index < -0.39 is 21.7 Å². The number of hydrogen-bond acceptors (Lipinski definition) is 7. The van der Waals surface area contributed by atoms with Crippen molar-refractivity contribution in [1.82, 2.24) is 0 Å². The highest BCUT2D eigenvalue weighted by Gasteiger charge is 2.12. The third kappa shape index (κ3) is 4.34. The van der Waals surface area contributed by atoms with Crippen LogP contribution in [0.25, 0.3) is 0 Å². The largest absolute Gasteiger partial charge is 0.461 e. The zero-order valence-electron chi connectivity index (χ0n) is 10.5. The second-order valence-electron chi connectivity index (χ2n) is 3.47. The molecule has 0 aliphatic heterocycles. The molecular weight excluding hydrogens is 284 g/mol. The molecule has 0 unspecified atom stereocenters. The molecule has 1 aromatic carbocycles. The van der Waals surface area contributed by atoms with E-state index in [0.29, 0.717) is 5.69 Å². The fraction of sp³-hybridized carbons (Fsp3) is 0.182. The summed E-state index contributed by atoms with van der Waals surface area (Å²) < 4.78 is 26.7. The summed E-state index contributed by atoms with van der Waals surface area (Å²) in [6.45, 7) is 1.73. The Morgan fingerprint density at radius 2 is 2.05 bits per heavy atom. The number of anilines is 1. The van der Waals surface area contributed by atoms with Crippen LogP contribution in [0.3, 0.4) is 0 Å². The van der Waals surface area contributed by atoms with Gasteiger partial charge in [-0.3, -0.25) is 5.43 Å². The Bertz CT molecular complexity index is 659. The van der Waals surface area contributed by atoms with E-state index >= 15 is 0 Å². The summed E-state index contributed by atoms with van der Waals surface area (Å²) in [6.07, 6.45) is 0. The third-order valence-electron chi connectivity index (χ3n) is 2.05. The maximum atomic E-state index is 11.3. The number of esters is 1. The first kappa shape index (κ1) is 15.6. The van der Waals surface area contributed by atoms with Gasteiger partial charge in [0.2, 0.25) is 15.7 Å². The molecule has 0 aromatic heterocycles. The van der Waals surface area contributed by atoms with Crippen LogP contribution in [-0.4, -0.2) is 26.7 Å². The minimum absolute atomic E-state index is 0.0575. The van der Waals surface area contributed by atoms with Crippen molar-refractivity contribution in [2.24, 2.45) is 10.2 Å². The number of rotatable bonds is 5. The molecular formula is C11H12N4O4S. The minimum atomic E-state index is -3.77. The minimum Gasteiger partial charge on any atom is -0.461 e. The molecule has 0 fully saturated rings. The number of benzene rings is 1. The van der Waals surface area contributed by atoms with Gasteiger partial charge in [-0.2, -0.15) is 10.4 Å². The lowest BCUT2D eigenvalue weighted by Gasteiger charge is -2.03. The normalized spacial score (nSPS) is 11.6. The number of carbonyl (C=O) groups excluding carboxylic acids is 1. The Morgan fingerprint density at radius 1 is 1.45 bits per heavy atom. The van der Waals surface area contributed by atoms with Crippen molar-refractivity contribution in [3.63, 3.8) is 0 Å². The summed E-state index contributed by atoms with van der Waals surface area (Å²) in [5.74, 6) is -0.844. The van der Waals surface area contributed by atoms with E-state index in [1.54, 1.807) is 13.0 Å². The lowest BCUT2D eigenvalue weighted by atomic mass is 10.3. The summed E-state index contributed by atoms with van der Waals surface area (Å²) >= 11 is 0. The number of nitriles is 1. The first-order valence-electron chi connectivity index (χ1n) is 5.42. The molecule has 0 spiro atoms. The third-order valence-corrected chi connectivity index (χ3v) is 2.98. The number of nitrogens with zero attached hydrogens (tertiary/aromatic N) is 2. The number of hydrazone groups is 1. The molecule has 0 saturated heterocycles. The van der Waals surface area contributed by atoms with Gasteiger partial charge in [-0.05, 0) is 31.2 Å². The zero-order chi connectivity index (χ0) is 15.2. The molecule has 0 atom stereocenters. The van der Waals surface area contributed by atoms with Gasteiger partial charge in [-0.1, -0.05) is 0 Å². The van der Waals surface area contributed by atoms with Crippen LogP contribution in [0.1, 0.15) is 6.92 Å². The summed E-state index contributed by atoms with van der Waals surface area (Å²) in [5, 5.41) is 17.3. The predicted molar refractivity (Wildman–Crippen MR) is 71.1 cm³/mol. The molecule has 9 heteroatoms. The van der Waals surface area contributed by atoms with Gasteiger partial charge >= 0.3 is 5.97 Å². The van der Waals surface area contributed by atoms with Crippen molar-refractivity contribution in [3.05, 3.63) is 24.3 Å². The highest BCUT2D eigenvalue weighted by atomic mass is 32.2. The summed E-state index contributed by atoms with van der Waals surface area (Å²) in [5.41, 5.74) is 2.38. The SMILES string of the molecule is CCOC(=O)/C(C#N)=N\Nc1ccc(S(N)(=O)=O)cc1. The van der Waals surface area contributed by atoms with E-state index in [1.807, 2.05) is 0 Å². The molecule has 0 aliphatic rings. The van der Waals surface area contributed by atoms with Crippen LogP contribution in [-0.2, 0) is 19.6 Å². The van der Waals surface area contributed by atoms with Gasteiger partial charge in [-0.15, -0.1) is 0 Å². The molecule has 0 saturated carbocycles. The van der Waals surface area contributed by atoms with E-state index in [4.69, 9.17) is 10.4 Å². The van der Waals surface area contributed by atoms with Crippen molar-refractivity contribution in [2.75, 3.05) is 12.0 Å². The first-order chi connectivity index (χ1) is 9.38. The van der Waals surface area contributed by atoms with Gasteiger partial charge in [0, 0.05) is 0 Å². The second kappa shape index (κ2) is 6.65. The smallest absolute Gasteiger partial charge is 0.369 e. The Balaban J connectivity index is 2.84. The van der Waals surface area contributed by atoms with Crippen LogP contribution in [0, 0.1) is 11.3 Å². The molecule has 1 rings (SSSR count). The first-order valence-corrected chi connectivity index (χ1v) is 6.97. The van der Waals surface area contributed by atoms with Crippen LogP contribution in [0.4, 0.5) is 5.69 Å². The van der Waals surface area contributed by atoms with E-state index in [0.717, 1.165) is 0 Å². The van der Waals surface area contributed by atoms with Crippen molar-refractivity contribution in [1.29, 1.82) is 5.26 Å². The average Bonchev–Trinajstić information content (AvgIpc) is 2.39. The Hall–Kier alpha value is -2.44. The van der Waals surface area contributed by atoms with Gasteiger partial charge in [0.1, 0.15) is 6.07 Å². The fourth-order valence-corrected chi connectivity index (χ4v) is 1.67. The van der Waals surface area contributed by atoms with E-state index in [-0.39, 0.29) is 11.5 Å². The van der Waals surface area contributed by atoms with Crippen LogP contribution < -0.4 is 10.6 Å². The second-order valence-corrected chi connectivity index (χ2v) is 5.04. The molecule has 0 heterocycles. The van der Waals surface area contributed by atoms with Crippen LogP contribution >= 0.6 is 0 Å². The number of ether oxygens (including phenoxy) is 1. The quantitative estimate of drug-likeness (QED) is 0.452. The van der Waals surface area contributed by atoms with E-state index in [9.17, 15) is 13.2 Å². The maximum Gasteiger partial charge on any atom is 0.369 e. The molecule has 0 bridgehead atoms. The predicted octanol–water partition coefficient (Wildman–Crippen LogP) is 0.189. The summed E-state index contributed by atoms with van der Waals surface area (Å²) in [6, 6.07) is 6.91. The molecule has 8 nitrogen and oxygen atoms in total. The highest BCUT2D eigenvalue weighted by Crippen LogP contribution is 2.12. The standard InChI is InChI=1S/C11H12N4O4S/c1-2-19-11(16)10(7-12)15-14-8-3-5-9(6-4-8)20(13,17)18/h3-6,14H,2H2,1H3,(H2,13,17,18)/b15-10-. The summed E-state index contributed by atoms with van der Waals surface area (Å²) in [4.78, 5) is 11.2. The molecule has 106 valence electrons. The van der Waals surface area contributed by atoms with Gasteiger partial charge in [-0.25, -0.2) is 18.4 Å². The van der Waals surface area contributed by atoms with Crippen molar-refractivity contribution < 1.29 is 17.9 Å². The van der Waals surface area contributed by atoms with Crippen LogP contribution in [0.5, 0.6) is 0 Å². The number of nitrogens with two attached hydrogens (primary N) is 1. The van der Waals surface area contributed by atoms with Crippen molar-refractivity contribution >= 4 is 27.4 Å².